The number of phenols is 1. The van der Waals surface area contributed by atoms with E-state index in [0.29, 0.717) is 15.6 Å². The molecular formula is C16H13Cl2NO3. The molecule has 0 aromatic heterocycles. The van der Waals surface area contributed by atoms with Gasteiger partial charge in [-0.1, -0.05) is 23.2 Å². The van der Waals surface area contributed by atoms with Crippen LogP contribution in [0, 0.1) is 0 Å². The molecule has 0 unspecified atom stereocenters. The summed E-state index contributed by atoms with van der Waals surface area (Å²) in [5.74, 6) is -0.608. The third-order valence-corrected chi connectivity index (χ3v) is 3.47. The van der Waals surface area contributed by atoms with Crippen LogP contribution in [0.15, 0.2) is 42.5 Å². The summed E-state index contributed by atoms with van der Waals surface area (Å²) >= 11 is 11.5. The molecule has 2 N–H and O–H groups in total. The Hall–Kier alpha value is -2.04. The maximum atomic E-state index is 11.9. The number of nitrogens with one attached hydrogen (secondary N) is 1. The number of carbonyl (C=O) groups excluding carboxylic acids is 2. The second-order valence-electron chi connectivity index (χ2n) is 4.64. The Bertz CT molecular complexity index is 699. The molecular weight excluding hydrogens is 325 g/mol. The van der Waals surface area contributed by atoms with Crippen LogP contribution < -0.4 is 5.32 Å². The van der Waals surface area contributed by atoms with Gasteiger partial charge in [-0.05, 0) is 42.5 Å². The van der Waals surface area contributed by atoms with Crippen molar-refractivity contribution >= 4 is 40.6 Å². The van der Waals surface area contributed by atoms with E-state index in [0.717, 1.165) is 0 Å². The van der Waals surface area contributed by atoms with E-state index in [-0.39, 0.29) is 36.0 Å². The Kier molecular flexibility index (Phi) is 5.41. The summed E-state index contributed by atoms with van der Waals surface area (Å²) in [5, 5.41) is 13.1. The quantitative estimate of drug-likeness (QED) is 0.631. The van der Waals surface area contributed by atoms with Gasteiger partial charge >= 0.3 is 0 Å². The normalized spacial score (nSPS) is 10.3. The Balaban J connectivity index is 1.91. The number of halogens is 2. The summed E-state index contributed by atoms with van der Waals surface area (Å²) in [7, 11) is 0. The summed E-state index contributed by atoms with van der Waals surface area (Å²) in [6, 6.07) is 10.8. The minimum absolute atomic E-state index is 0.00735. The maximum absolute atomic E-state index is 11.9. The van der Waals surface area contributed by atoms with Gasteiger partial charge in [-0.15, -0.1) is 0 Å². The van der Waals surface area contributed by atoms with Gasteiger partial charge < -0.3 is 10.4 Å². The fraction of sp³-hybridized carbons (Fsp3) is 0.125. The predicted molar refractivity (Wildman–Crippen MR) is 86.8 cm³/mol. The third-order valence-electron chi connectivity index (χ3n) is 2.98. The van der Waals surface area contributed by atoms with Gasteiger partial charge in [0, 0.05) is 28.5 Å². The van der Waals surface area contributed by atoms with Crippen LogP contribution in [0.4, 0.5) is 5.69 Å². The lowest BCUT2D eigenvalue weighted by molar-refractivity contribution is -0.116. The number of aromatic hydroxyl groups is 1. The average Bonchev–Trinajstić information content (AvgIpc) is 2.49. The third kappa shape index (κ3) is 4.48. The van der Waals surface area contributed by atoms with Gasteiger partial charge in [0.1, 0.15) is 5.75 Å². The van der Waals surface area contributed by atoms with Crippen molar-refractivity contribution in [1.82, 2.24) is 0 Å². The fourth-order valence-corrected chi connectivity index (χ4v) is 2.13. The molecule has 0 bridgehead atoms. The van der Waals surface area contributed by atoms with Crippen LogP contribution in [0.5, 0.6) is 5.75 Å². The first-order chi connectivity index (χ1) is 10.5. The first kappa shape index (κ1) is 16.3. The molecule has 0 atom stereocenters. The minimum atomic E-state index is -0.375. The molecule has 0 aliphatic rings. The van der Waals surface area contributed by atoms with Gasteiger partial charge in [0.05, 0.1) is 5.69 Å². The Morgan fingerprint density at radius 2 is 1.59 bits per heavy atom. The average molecular weight is 338 g/mol. The highest BCUT2D eigenvalue weighted by Crippen LogP contribution is 2.26. The number of carbonyl (C=O) groups is 2. The van der Waals surface area contributed by atoms with Crippen LogP contribution in [0.3, 0.4) is 0 Å². The Morgan fingerprint density at radius 3 is 2.27 bits per heavy atom. The molecule has 114 valence electrons. The number of hydrogen-bond acceptors (Lipinski definition) is 3. The molecule has 2 aromatic carbocycles. The predicted octanol–water partition coefficient (Wildman–Crippen LogP) is 4.30. The lowest BCUT2D eigenvalue weighted by atomic mass is 10.1. The van der Waals surface area contributed by atoms with Crippen molar-refractivity contribution in [2.24, 2.45) is 0 Å². The van der Waals surface area contributed by atoms with Crippen molar-refractivity contribution in [3.63, 3.8) is 0 Å². The van der Waals surface area contributed by atoms with Crippen molar-refractivity contribution in [2.75, 3.05) is 5.32 Å². The molecule has 0 aliphatic carbocycles. The van der Waals surface area contributed by atoms with E-state index in [2.05, 4.69) is 5.32 Å². The number of ketones is 1. The van der Waals surface area contributed by atoms with Crippen molar-refractivity contribution in [3.8, 4) is 5.75 Å². The Labute approximate surface area is 137 Å². The topological polar surface area (TPSA) is 66.4 Å². The van der Waals surface area contributed by atoms with E-state index >= 15 is 0 Å². The molecule has 0 radical (unpaired) electrons. The lowest BCUT2D eigenvalue weighted by Gasteiger charge is -2.07. The van der Waals surface area contributed by atoms with Crippen LogP contribution in [-0.4, -0.2) is 16.8 Å². The minimum Gasteiger partial charge on any atom is -0.506 e. The van der Waals surface area contributed by atoms with Gasteiger partial charge in [-0.25, -0.2) is 0 Å². The van der Waals surface area contributed by atoms with E-state index in [1.807, 2.05) is 0 Å². The largest absolute Gasteiger partial charge is 0.506 e. The molecule has 2 aromatic rings. The fourth-order valence-electron chi connectivity index (χ4n) is 1.83. The summed E-state index contributed by atoms with van der Waals surface area (Å²) in [6.07, 6.45) is 0.0716. The molecule has 6 heteroatoms. The molecule has 0 heterocycles. The van der Waals surface area contributed by atoms with Gasteiger partial charge in [-0.2, -0.15) is 0 Å². The number of phenolic OH excluding ortho intramolecular Hbond substituents is 1. The molecule has 0 aliphatic heterocycles. The first-order valence-corrected chi connectivity index (χ1v) is 7.28. The van der Waals surface area contributed by atoms with Crippen LogP contribution in [0.25, 0.3) is 0 Å². The van der Waals surface area contributed by atoms with E-state index in [9.17, 15) is 14.7 Å². The van der Waals surface area contributed by atoms with Gasteiger partial charge in [0.25, 0.3) is 0 Å². The molecule has 0 fully saturated rings. The number of benzene rings is 2. The van der Waals surface area contributed by atoms with Crippen molar-refractivity contribution in [1.29, 1.82) is 0 Å². The van der Waals surface area contributed by atoms with E-state index in [1.54, 1.807) is 24.3 Å². The highest BCUT2D eigenvalue weighted by atomic mass is 35.5. The second-order valence-corrected chi connectivity index (χ2v) is 5.51. The smallest absolute Gasteiger partial charge is 0.224 e. The van der Waals surface area contributed by atoms with Gasteiger partial charge in [-0.3, -0.25) is 9.59 Å². The molecule has 2 rings (SSSR count). The van der Waals surface area contributed by atoms with Gasteiger partial charge in [0.2, 0.25) is 5.91 Å². The molecule has 0 saturated heterocycles. The Morgan fingerprint density at radius 1 is 0.955 bits per heavy atom. The van der Waals surface area contributed by atoms with Crippen molar-refractivity contribution < 1.29 is 14.7 Å². The standard InChI is InChI=1S/C16H13Cl2NO3/c17-11-3-1-10(2-4-11)14(20)7-8-16(22)19-13-9-12(18)5-6-15(13)21/h1-6,9,21H,7-8H2,(H,19,22). The SMILES string of the molecule is O=C(CCC(=O)c1ccc(Cl)cc1)Nc1cc(Cl)ccc1O. The van der Waals surface area contributed by atoms with E-state index < -0.39 is 0 Å². The number of Topliss-reactive ketones (excluding diaryl/α,β-unsaturated/α-hetero) is 1. The highest BCUT2D eigenvalue weighted by Gasteiger charge is 2.11. The first-order valence-electron chi connectivity index (χ1n) is 6.53. The monoisotopic (exact) mass is 337 g/mol. The highest BCUT2D eigenvalue weighted by molar-refractivity contribution is 6.31. The van der Waals surface area contributed by atoms with Crippen LogP contribution in [0.2, 0.25) is 10.0 Å². The molecule has 1 amide bonds. The zero-order valence-electron chi connectivity index (χ0n) is 11.5. The van der Waals surface area contributed by atoms with E-state index in [1.165, 1.54) is 18.2 Å². The van der Waals surface area contributed by atoms with E-state index in [4.69, 9.17) is 23.2 Å². The summed E-state index contributed by atoms with van der Waals surface area (Å²) in [4.78, 5) is 23.8. The zero-order chi connectivity index (χ0) is 16.1. The van der Waals surface area contributed by atoms with Crippen molar-refractivity contribution in [2.45, 2.75) is 12.8 Å². The van der Waals surface area contributed by atoms with Crippen LogP contribution in [0.1, 0.15) is 23.2 Å². The second kappa shape index (κ2) is 7.29. The molecule has 22 heavy (non-hydrogen) atoms. The summed E-state index contributed by atoms with van der Waals surface area (Å²) in [6.45, 7) is 0. The number of hydrogen-bond donors (Lipinski definition) is 2. The van der Waals surface area contributed by atoms with Crippen molar-refractivity contribution in [3.05, 3.63) is 58.1 Å². The number of rotatable bonds is 5. The lowest BCUT2D eigenvalue weighted by Crippen LogP contribution is -2.13. The van der Waals surface area contributed by atoms with Gasteiger partial charge in [0.15, 0.2) is 5.78 Å². The molecule has 4 nitrogen and oxygen atoms in total. The molecule has 0 saturated carbocycles. The number of anilines is 1. The summed E-state index contributed by atoms with van der Waals surface area (Å²) in [5.41, 5.74) is 0.722. The number of amides is 1. The zero-order valence-corrected chi connectivity index (χ0v) is 13.0. The van der Waals surface area contributed by atoms with Crippen LogP contribution >= 0.6 is 23.2 Å². The molecule has 0 spiro atoms. The maximum Gasteiger partial charge on any atom is 0.224 e. The van der Waals surface area contributed by atoms with Crippen LogP contribution in [-0.2, 0) is 4.79 Å². The summed E-state index contributed by atoms with van der Waals surface area (Å²) < 4.78 is 0.